The van der Waals surface area contributed by atoms with Crippen LogP contribution in [0.1, 0.15) is 103 Å². The van der Waals surface area contributed by atoms with Gasteiger partial charge >= 0.3 is 5.97 Å². The van der Waals surface area contributed by atoms with Crippen molar-refractivity contribution in [2.24, 2.45) is 0 Å². The number of aliphatic hydroxyl groups excluding tert-OH is 2. The van der Waals surface area contributed by atoms with Crippen LogP contribution in [0.3, 0.4) is 0 Å². The van der Waals surface area contributed by atoms with Gasteiger partial charge in [-0.25, -0.2) is 4.79 Å². The number of allylic oxidation sites excluding steroid dienone is 4. The maximum absolute atomic E-state index is 10.2. The molecule has 0 fully saturated rings. The smallest absolute Gasteiger partial charge is 0.382 e. The van der Waals surface area contributed by atoms with Crippen molar-refractivity contribution in [3.05, 3.63) is 36.5 Å². The van der Waals surface area contributed by atoms with Crippen LogP contribution in [0.4, 0.5) is 0 Å². The number of aliphatic carboxylic acids is 1. The predicted octanol–water partition coefficient (Wildman–Crippen LogP) is 6.34. The third kappa shape index (κ3) is 27.4. The average Bonchev–Trinajstić information content (AvgIpc) is 2.84. The number of carboxylic acid groups (broad SMARTS) is 1. The van der Waals surface area contributed by atoms with Crippen LogP contribution in [0, 0.1) is 36.0 Å². The molecule has 0 amide bonds. The Morgan fingerprint density at radius 2 is 1.34 bits per heavy atom. The van der Waals surface area contributed by atoms with Gasteiger partial charge in [0.25, 0.3) is 0 Å². The molecule has 0 bridgehead atoms. The highest BCUT2D eigenvalue weighted by molar-refractivity contribution is 5.86. The van der Waals surface area contributed by atoms with E-state index < -0.39 is 18.2 Å². The monoisotopic (exact) mass is 480 g/mol. The van der Waals surface area contributed by atoms with E-state index in [0.717, 1.165) is 64.2 Å². The summed E-state index contributed by atoms with van der Waals surface area (Å²) in [7, 11) is 0. The molecule has 0 saturated heterocycles. The molecule has 0 saturated carbocycles. The standard InChI is InChI=1S/C31H44O4/c1-2-29(32)25-21-17-13-10-8-11-15-19-23-27-30(33)26-22-18-14-9-6-4-3-5-7-12-16-20-24-28-31(34)35/h1,16,20-21,23,25,27,29-30,32-33H,3-14,17-18,22,26H2,(H,34,35)/b20-16?,25-21+,27-23+/t29-,30?/m0/s1. The second kappa shape index (κ2) is 25.9. The van der Waals surface area contributed by atoms with Gasteiger partial charge in [0.2, 0.25) is 0 Å². The van der Waals surface area contributed by atoms with Crippen LogP contribution in [0.15, 0.2) is 36.5 Å². The summed E-state index contributed by atoms with van der Waals surface area (Å²) < 4.78 is 0. The molecule has 0 heterocycles. The van der Waals surface area contributed by atoms with Gasteiger partial charge < -0.3 is 15.3 Å². The molecule has 0 aromatic rings. The normalized spacial score (nSPS) is 12.7. The first-order valence-electron chi connectivity index (χ1n) is 13.1. The third-order valence-corrected chi connectivity index (χ3v) is 5.42. The van der Waals surface area contributed by atoms with Crippen LogP contribution in [0.2, 0.25) is 0 Å². The Bertz CT molecular complexity index is 777. The van der Waals surface area contributed by atoms with Crippen LogP contribution in [0.5, 0.6) is 0 Å². The number of carboxylic acids is 1. The summed E-state index contributed by atoms with van der Waals surface area (Å²) >= 11 is 0. The fourth-order valence-electron chi connectivity index (χ4n) is 3.42. The van der Waals surface area contributed by atoms with E-state index in [-0.39, 0.29) is 0 Å². The summed E-state index contributed by atoms with van der Waals surface area (Å²) in [6.45, 7) is 0. The molecule has 0 aromatic carbocycles. The predicted molar refractivity (Wildman–Crippen MR) is 145 cm³/mol. The second-order valence-electron chi connectivity index (χ2n) is 8.62. The molecular formula is C31H44O4. The molecule has 0 rings (SSSR count). The molecule has 0 spiro atoms. The van der Waals surface area contributed by atoms with Gasteiger partial charge in [-0.2, -0.15) is 0 Å². The fraction of sp³-hybridized carbons (Fsp3) is 0.581. The van der Waals surface area contributed by atoms with Crippen LogP contribution < -0.4 is 0 Å². The Kier molecular flexibility index (Phi) is 23.9. The maximum Gasteiger partial charge on any atom is 0.382 e. The lowest BCUT2D eigenvalue weighted by atomic mass is 10.0. The topological polar surface area (TPSA) is 77.8 Å². The van der Waals surface area contributed by atoms with Crippen molar-refractivity contribution < 1.29 is 20.1 Å². The number of hydrogen-bond acceptors (Lipinski definition) is 3. The van der Waals surface area contributed by atoms with E-state index in [2.05, 4.69) is 29.6 Å². The quantitative estimate of drug-likeness (QED) is 0.114. The van der Waals surface area contributed by atoms with Crippen molar-refractivity contribution in [3.8, 4) is 36.0 Å². The molecule has 1 unspecified atom stereocenters. The van der Waals surface area contributed by atoms with Gasteiger partial charge in [-0.05, 0) is 62.8 Å². The van der Waals surface area contributed by atoms with Crippen molar-refractivity contribution >= 4 is 5.97 Å². The second-order valence-corrected chi connectivity index (χ2v) is 8.62. The summed E-state index contributed by atoms with van der Waals surface area (Å²) in [5.41, 5.74) is 0. The molecule has 3 N–H and O–H groups in total. The van der Waals surface area contributed by atoms with Gasteiger partial charge in [0.15, 0.2) is 0 Å². The van der Waals surface area contributed by atoms with Crippen LogP contribution in [0.25, 0.3) is 0 Å². The largest absolute Gasteiger partial charge is 0.472 e. The minimum atomic E-state index is -1.09. The number of terminal acetylenes is 1. The molecule has 35 heavy (non-hydrogen) atoms. The van der Waals surface area contributed by atoms with Gasteiger partial charge in [-0.3, -0.25) is 0 Å². The lowest BCUT2D eigenvalue weighted by molar-refractivity contribution is -0.130. The van der Waals surface area contributed by atoms with Crippen molar-refractivity contribution in [2.45, 2.75) is 115 Å². The van der Waals surface area contributed by atoms with Gasteiger partial charge in [-0.15, -0.1) is 6.42 Å². The highest BCUT2D eigenvalue weighted by atomic mass is 16.4. The molecule has 0 aliphatic carbocycles. The van der Waals surface area contributed by atoms with E-state index in [0.29, 0.717) is 0 Å². The van der Waals surface area contributed by atoms with Crippen LogP contribution >= 0.6 is 0 Å². The first kappa shape index (κ1) is 32.3. The Morgan fingerprint density at radius 3 is 2.00 bits per heavy atom. The van der Waals surface area contributed by atoms with E-state index in [1.165, 1.54) is 38.5 Å². The molecule has 0 radical (unpaired) electrons. The molecule has 4 nitrogen and oxygen atoms in total. The molecule has 2 atom stereocenters. The zero-order valence-electron chi connectivity index (χ0n) is 21.3. The number of hydrogen-bond donors (Lipinski definition) is 3. The zero-order valence-corrected chi connectivity index (χ0v) is 21.3. The first-order valence-corrected chi connectivity index (χ1v) is 13.1. The molecule has 0 aliphatic heterocycles. The Hall–Kier alpha value is -2.71. The summed E-state index contributed by atoms with van der Waals surface area (Å²) in [5.74, 6) is 11.8. The number of unbranched alkanes of at least 4 members (excludes halogenated alkanes) is 13. The first-order chi connectivity index (χ1) is 17.1. The third-order valence-electron chi connectivity index (χ3n) is 5.42. The van der Waals surface area contributed by atoms with Crippen molar-refractivity contribution in [2.75, 3.05) is 0 Å². The van der Waals surface area contributed by atoms with Gasteiger partial charge in [0, 0.05) is 12.3 Å². The number of carbonyl (C=O) groups is 1. The lowest BCUT2D eigenvalue weighted by Gasteiger charge is -2.05. The Labute approximate surface area is 213 Å². The minimum absolute atomic E-state index is 0.404. The van der Waals surface area contributed by atoms with Gasteiger partial charge in [0.05, 0.1) is 6.10 Å². The SMILES string of the molecule is C#C[C@H](O)/C=C/CCCCCC#C/C=C/C(O)CCCCCCCCCCCC=CC#CC(=O)O. The van der Waals surface area contributed by atoms with Gasteiger partial charge in [-0.1, -0.05) is 93.6 Å². The van der Waals surface area contributed by atoms with Crippen LogP contribution in [-0.4, -0.2) is 33.5 Å². The van der Waals surface area contributed by atoms with E-state index in [9.17, 15) is 15.0 Å². The minimum Gasteiger partial charge on any atom is -0.472 e. The Morgan fingerprint density at radius 1 is 0.743 bits per heavy atom. The van der Waals surface area contributed by atoms with Crippen molar-refractivity contribution in [1.29, 1.82) is 0 Å². The van der Waals surface area contributed by atoms with E-state index in [1.54, 1.807) is 24.3 Å². The molecular weight excluding hydrogens is 436 g/mol. The zero-order chi connectivity index (χ0) is 25.8. The van der Waals surface area contributed by atoms with Crippen LogP contribution in [-0.2, 0) is 4.79 Å². The number of aliphatic hydroxyl groups is 2. The summed E-state index contributed by atoms with van der Waals surface area (Å²) in [4.78, 5) is 10.2. The Balaban J connectivity index is 3.47. The molecule has 0 aromatic heterocycles. The molecule has 192 valence electrons. The van der Waals surface area contributed by atoms with E-state index >= 15 is 0 Å². The summed E-state index contributed by atoms with van der Waals surface area (Å²) in [6.07, 6.45) is 32.2. The van der Waals surface area contributed by atoms with E-state index in [4.69, 9.17) is 11.5 Å². The van der Waals surface area contributed by atoms with E-state index in [1.807, 2.05) is 12.2 Å². The lowest BCUT2D eigenvalue weighted by Crippen LogP contribution is -2.01. The molecule has 4 heteroatoms. The molecule has 0 aliphatic rings. The summed E-state index contributed by atoms with van der Waals surface area (Å²) in [5, 5.41) is 27.6. The summed E-state index contributed by atoms with van der Waals surface area (Å²) in [6, 6.07) is 0. The number of rotatable bonds is 19. The maximum atomic E-state index is 10.2. The van der Waals surface area contributed by atoms with Crippen molar-refractivity contribution in [3.63, 3.8) is 0 Å². The van der Waals surface area contributed by atoms with Crippen molar-refractivity contribution in [1.82, 2.24) is 0 Å². The van der Waals surface area contributed by atoms with Gasteiger partial charge in [0.1, 0.15) is 6.10 Å². The highest BCUT2D eigenvalue weighted by Gasteiger charge is 1.98. The average molecular weight is 481 g/mol. The highest BCUT2D eigenvalue weighted by Crippen LogP contribution is 2.12. The fourth-order valence-corrected chi connectivity index (χ4v) is 3.42.